The third kappa shape index (κ3) is 17.3. The van der Waals surface area contributed by atoms with Gasteiger partial charge in [0.2, 0.25) is 53.2 Å². The molecule has 30 heteroatoms. The van der Waals surface area contributed by atoms with Gasteiger partial charge in [-0.05, 0) is 82.1 Å². The fourth-order valence-corrected chi connectivity index (χ4v) is 10.6. The zero-order chi connectivity index (χ0) is 63.9. The molecule has 30 nitrogen and oxygen atoms in total. The number of para-hydroxylation sites is 1. The van der Waals surface area contributed by atoms with Crippen LogP contribution in [0.4, 0.5) is 5.69 Å². The second-order valence-electron chi connectivity index (χ2n) is 22.8. The highest BCUT2D eigenvalue weighted by Crippen LogP contribution is 2.44. The summed E-state index contributed by atoms with van der Waals surface area (Å²) in [6.07, 6.45) is 4.76. The van der Waals surface area contributed by atoms with Gasteiger partial charge in [0.05, 0.1) is 25.5 Å². The topological polar surface area (TPSA) is 487 Å². The number of aliphatic hydroxyl groups excluding tert-OH is 1. The number of aliphatic hydroxyl groups is 1. The molecule has 0 bridgehead atoms. The van der Waals surface area contributed by atoms with Crippen LogP contribution in [0.1, 0.15) is 95.9 Å². The van der Waals surface area contributed by atoms with E-state index in [1.165, 1.54) is 61.7 Å². The van der Waals surface area contributed by atoms with E-state index in [1.54, 1.807) is 38.1 Å². The first-order valence-corrected chi connectivity index (χ1v) is 28.6. The van der Waals surface area contributed by atoms with E-state index in [4.69, 9.17) is 28.7 Å². The van der Waals surface area contributed by atoms with Crippen molar-refractivity contribution in [3.63, 3.8) is 0 Å². The summed E-state index contributed by atoms with van der Waals surface area (Å²) >= 11 is 0. The molecule has 1 aromatic heterocycles. The standard InChI is InChI=1S/C57H79N17O13/c1-30(2)21-40(48(80)68-38(10-7-19-64-56(61)62)52(84)73-20-8-11-43(73)51(83)65-26-45(60)77)71-55(87)57(3,4)72-50(82)41(22-31-13-15-34(76)16-14-31)69-49(81)42(28-75)70-47(79)36(58)23-32-27-74(44-12-6-5-9-35(32)44,54(86)39-17-18-46(78)67-39)53(85)37(59)24-33-25-63-29-66-33/h5-6,9,12-16,25,27,29-30,36-43,75H,7-8,10-11,17-24,26,28,58-59H2,1-4H3,(H14-,60,61,62,63,64,65,66,67,68,69,70,71,72,76,77,78,79,80,81,82,83,87)/p+1/t36-,37-,38-,39-,40-,41-,42-,43-,74?/m0/s1. The van der Waals surface area contributed by atoms with Crippen LogP contribution in [0, 0.1) is 5.92 Å². The molecule has 0 radical (unpaired) electrons. The van der Waals surface area contributed by atoms with Crippen LogP contribution < -0.4 is 70.4 Å². The monoisotopic (exact) mass is 1210 g/mol. The molecule has 3 aliphatic rings. The largest absolute Gasteiger partial charge is 0.508 e. The first kappa shape index (κ1) is 67.0. The number of primary amides is 1. The summed E-state index contributed by atoms with van der Waals surface area (Å²) in [7, 11) is 0. The Morgan fingerprint density at radius 3 is 2.14 bits per heavy atom. The predicted molar refractivity (Wildman–Crippen MR) is 315 cm³/mol. The number of rotatable bonds is 29. The third-order valence-corrected chi connectivity index (χ3v) is 15.0. The third-order valence-electron chi connectivity index (χ3n) is 15.0. The van der Waals surface area contributed by atoms with Crippen LogP contribution in [0.2, 0.25) is 0 Å². The Bertz CT molecular complexity index is 3110. The van der Waals surface area contributed by atoms with Gasteiger partial charge in [-0.1, -0.05) is 38.1 Å². The van der Waals surface area contributed by atoms with Crippen molar-refractivity contribution in [2.75, 3.05) is 26.2 Å². The Balaban J connectivity index is 1.18. The van der Waals surface area contributed by atoms with Crippen molar-refractivity contribution < 1.29 is 63.0 Å². The summed E-state index contributed by atoms with van der Waals surface area (Å²) in [5, 5.41) is 38.7. The van der Waals surface area contributed by atoms with Crippen molar-refractivity contribution in [2.24, 2.45) is 39.6 Å². The number of phenols is 1. The highest BCUT2D eigenvalue weighted by molar-refractivity contribution is 6.19. The minimum atomic E-state index is -1.84. The van der Waals surface area contributed by atoms with Gasteiger partial charge in [-0.3, -0.25) is 48.1 Å². The number of quaternary nitrogens is 1. The number of hydrogen-bond donors (Lipinski definition) is 15. The van der Waals surface area contributed by atoms with E-state index in [1.807, 2.05) is 0 Å². The van der Waals surface area contributed by atoms with Gasteiger partial charge in [-0.15, -0.1) is 4.48 Å². The molecular weight excluding hydrogens is 1130 g/mol. The number of aromatic nitrogens is 2. The zero-order valence-corrected chi connectivity index (χ0v) is 49.0. The summed E-state index contributed by atoms with van der Waals surface area (Å²) in [6, 6.07) is 1.47. The number of aromatic amines is 1. The van der Waals surface area contributed by atoms with Gasteiger partial charge in [0.1, 0.15) is 59.8 Å². The molecule has 2 fully saturated rings. The second kappa shape index (κ2) is 29.8. The maximum absolute atomic E-state index is 14.7. The first-order chi connectivity index (χ1) is 41.1. The van der Waals surface area contributed by atoms with Gasteiger partial charge in [0.15, 0.2) is 11.6 Å². The highest BCUT2D eigenvalue weighted by atomic mass is 16.3. The Hall–Kier alpha value is -9.13. The number of imide groups is 1. The lowest BCUT2D eigenvalue weighted by atomic mass is 9.98. The van der Waals surface area contributed by atoms with Crippen LogP contribution >= 0.6 is 0 Å². The van der Waals surface area contributed by atoms with Crippen LogP contribution in [0.25, 0.3) is 5.57 Å². The maximum Gasteiger partial charge on any atom is 0.353 e. The number of fused-ring (bicyclic) bond motifs is 1. The molecule has 3 aromatic rings. The van der Waals surface area contributed by atoms with Gasteiger partial charge in [0, 0.05) is 67.9 Å². The lowest BCUT2D eigenvalue weighted by Crippen LogP contribution is -2.64. The van der Waals surface area contributed by atoms with Crippen LogP contribution in [0.5, 0.6) is 5.75 Å². The van der Waals surface area contributed by atoms with Crippen molar-refractivity contribution in [1.82, 2.24) is 56.6 Å². The zero-order valence-electron chi connectivity index (χ0n) is 49.0. The fraction of sp³-hybridized carbons (Fsp3) is 0.491. The Morgan fingerprint density at radius 1 is 0.828 bits per heavy atom. The van der Waals surface area contributed by atoms with Crippen molar-refractivity contribution in [1.29, 1.82) is 0 Å². The number of hydrogen-bond acceptors (Lipinski definition) is 17. The molecule has 0 aliphatic carbocycles. The van der Waals surface area contributed by atoms with E-state index in [9.17, 15) is 63.0 Å². The number of guanidine groups is 1. The molecule has 9 atom stereocenters. The van der Waals surface area contributed by atoms with Crippen LogP contribution in [0.3, 0.4) is 0 Å². The summed E-state index contributed by atoms with van der Waals surface area (Å²) in [4.78, 5) is 164. The Morgan fingerprint density at radius 2 is 1.51 bits per heavy atom. The SMILES string of the molecule is CC(C)C[C@H](NC(=O)C(C)(C)NC(=O)[C@H](Cc1ccc(O)cc1)NC(=O)[C@H](CO)NC(=O)[C@@H](N)CC1=C[N+](C(=O)[C@@H]2CCC(=O)N2)(C(=O)[C@@H](N)Cc2cnc[nH]2)c2ccccc21)C(=O)N[C@@H](CCCN=C(N)N)C(=O)N1CCC[C@H]1C(=O)NCC(N)=O. The Kier molecular flexibility index (Phi) is 22.9. The number of phenolic OH excluding ortho intramolecular Hbond substituents is 1. The van der Waals surface area contributed by atoms with Crippen molar-refractivity contribution in [2.45, 2.75) is 146 Å². The van der Waals surface area contributed by atoms with Gasteiger partial charge < -0.3 is 86.0 Å². The number of aromatic hydroxyl groups is 1. The van der Waals surface area contributed by atoms with E-state index in [2.05, 4.69) is 52.2 Å². The second-order valence-corrected chi connectivity index (χ2v) is 22.8. The van der Waals surface area contributed by atoms with E-state index in [0.29, 0.717) is 23.2 Å². The van der Waals surface area contributed by atoms with E-state index in [-0.39, 0.29) is 106 Å². The number of amides is 11. The van der Waals surface area contributed by atoms with Gasteiger partial charge >= 0.3 is 11.8 Å². The normalized spacial score (nSPS) is 19.1. The van der Waals surface area contributed by atoms with Crippen molar-refractivity contribution in [3.8, 4) is 5.75 Å². The molecule has 87 heavy (non-hydrogen) atoms. The predicted octanol–water partition coefficient (Wildman–Crippen LogP) is -3.84. The van der Waals surface area contributed by atoms with Crippen molar-refractivity contribution in [3.05, 3.63) is 84.1 Å². The smallest absolute Gasteiger partial charge is 0.353 e. The number of H-pyrrole nitrogens is 1. The number of aliphatic imine (C=N–C) groups is 1. The summed E-state index contributed by atoms with van der Waals surface area (Å²) in [5.41, 5.74) is 29.2. The first-order valence-electron chi connectivity index (χ1n) is 28.6. The molecule has 6 rings (SSSR count). The molecule has 0 spiro atoms. The van der Waals surface area contributed by atoms with Crippen LogP contribution in [0.15, 0.2) is 72.2 Å². The number of nitrogens with two attached hydrogens (primary N) is 5. The van der Waals surface area contributed by atoms with E-state index in [0.717, 1.165) is 0 Å². The van der Waals surface area contributed by atoms with E-state index >= 15 is 0 Å². The lowest BCUT2D eigenvalue weighted by Gasteiger charge is -2.32. The fourth-order valence-electron chi connectivity index (χ4n) is 10.6. The van der Waals surface area contributed by atoms with Gasteiger partial charge in [-0.2, -0.15) is 0 Å². The average molecular weight is 1210 g/mol. The Labute approximate surface area is 501 Å². The molecule has 2 aromatic carbocycles. The number of carbonyl (C=O) groups excluding carboxylic acids is 11. The summed E-state index contributed by atoms with van der Waals surface area (Å²) in [6.45, 7) is 5.04. The van der Waals surface area contributed by atoms with Crippen molar-refractivity contribution >= 4 is 82.2 Å². The van der Waals surface area contributed by atoms with Crippen LogP contribution in [-0.4, -0.2) is 176 Å². The van der Waals surface area contributed by atoms with Gasteiger partial charge in [-0.25, -0.2) is 14.6 Å². The number of nitrogens with zero attached hydrogens (tertiary/aromatic N) is 4. The maximum atomic E-state index is 14.7. The molecular formula is C57H80N17O13+. The number of nitrogens with one attached hydrogen (secondary N) is 8. The molecule has 11 amide bonds. The minimum Gasteiger partial charge on any atom is -0.508 e. The molecule has 2 saturated heterocycles. The van der Waals surface area contributed by atoms with E-state index < -0.39 is 131 Å². The average Bonchev–Trinajstić information content (AvgIpc) is 1.93. The lowest BCUT2D eigenvalue weighted by molar-refractivity contribution is -0.143. The number of likely N-dealkylation sites (tertiary alicyclic amines) is 1. The molecule has 4 heterocycles. The summed E-state index contributed by atoms with van der Waals surface area (Å²) < 4.78 is -1.04. The molecule has 0 saturated carbocycles. The summed E-state index contributed by atoms with van der Waals surface area (Å²) in [5.74, 6) is -8.95. The molecule has 3 aliphatic heterocycles. The van der Waals surface area contributed by atoms with Crippen LogP contribution in [-0.2, 0) is 65.6 Å². The molecule has 20 N–H and O–H groups in total. The number of benzene rings is 2. The molecule has 470 valence electrons. The quantitative estimate of drug-likeness (QED) is 0.0137. The number of carbonyl (C=O) groups is 11. The number of imidazole rings is 1. The molecule has 1 unspecified atom stereocenters. The van der Waals surface area contributed by atoms with Gasteiger partial charge in [0.25, 0.3) is 0 Å². The highest BCUT2D eigenvalue weighted by Gasteiger charge is 2.56. The minimum absolute atomic E-state index is 0.00749.